The minimum absolute atomic E-state index is 0.257. The van der Waals surface area contributed by atoms with Gasteiger partial charge in [0, 0.05) is 55.0 Å². The molecule has 2 fully saturated rings. The number of aromatic nitrogens is 2. The fourth-order valence-electron chi connectivity index (χ4n) is 3.79. The van der Waals surface area contributed by atoms with E-state index in [-0.39, 0.29) is 5.82 Å². The van der Waals surface area contributed by atoms with Gasteiger partial charge in [0.2, 0.25) is 0 Å². The van der Waals surface area contributed by atoms with Crippen LogP contribution in [-0.2, 0) is 0 Å². The van der Waals surface area contributed by atoms with Crippen LogP contribution in [0.25, 0.3) is 11.3 Å². The van der Waals surface area contributed by atoms with Crippen molar-refractivity contribution in [3.05, 3.63) is 53.3 Å². The molecule has 1 aliphatic heterocycles. The van der Waals surface area contributed by atoms with E-state index in [4.69, 9.17) is 0 Å². The molecule has 0 atom stereocenters. The van der Waals surface area contributed by atoms with E-state index >= 15 is 0 Å². The van der Waals surface area contributed by atoms with Gasteiger partial charge in [0.05, 0.1) is 5.69 Å². The number of hydrogen-bond donors (Lipinski definition) is 1. The van der Waals surface area contributed by atoms with Crippen LogP contribution in [0.15, 0.2) is 41.9 Å². The monoisotopic (exact) mass is 409 g/mol. The van der Waals surface area contributed by atoms with Gasteiger partial charge >= 0.3 is 0 Å². The van der Waals surface area contributed by atoms with Gasteiger partial charge < -0.3 is 10.2 Å². The SMILES string of the molecule is Cc1ccc(F)cc1Nc1nc(-c2ccc(N3CCN(C4CC4)CC3)nc2)cs1. The Balaban J connectivity index is 1.25. The molecular formula is C22H24FN5S. The average molecular weight is 410 g/mol. The van der Waals surface area contributed by atoms with Crippen molar-refractivity contribution in [2.45, 2.75) is 25.8 Å². The summed E-state index contributed by atoms with van der Waals surface area (Å²) < 4.78 is 13.5. The van der Waals surface area contributed by atoms with Crippen LogP contribution in [0.1, 0.15) is 18.4 Å². The Hall–Kier alpha value is -2.51. The zero-order valence-electron chi connectivity index (χ0n) is 16.4. The van der Waals surface area contributed by atoms with Crippen LogP contribution < -0.4 is 10.2 Å². The van der Waals surface area contributed by atoms with Crippen LogP contribution in [0.3, 0.4) is 0 Å². The van der Waals surface area contributed by atoms with Gasteiger partial charge in [-0.1, -0.05) is 6.07 Å². The molecule has 29 heavy (non-hydrogen) atoms. The van der Waals surface area contributed by atoms with Gasteiger partial charge in [0.15, 0.2) is 5.13 Å². The van der Waals surface area contributed by atoms with Gasteiger partial charge in [-0.3, -0.25) is 4.90 Å². The third kappa shape index (κ3) is 4.11. The van der Waals surface area contributed by atoms with Crippen molar-refractivity contribution in [2.24, 2.45) is 0 Å². The van der Waals surface area contributed by atoms with Gasteiger partial charge in [-0.25, -0.2) is 14.4 Å². The predicted octanol–water partition coefficient (Wildman–Crippen LogP) is 4.68. The standard InChI is InChI=1S/C22H24FN5S/c1-15-2-4-17(23)12-19(15)25-22-26-20(14-29-22)16-3-7-21(24-13-16)28-10-8-27(9-11-28)18-5-6-18/h2-4,7,12-14,18H,5-6,8-11H2,1H3,(H,25,26). The summed E-state index contributed by atoms with van der Waals surface area (Å²) in [6.45, 7) is 6.30. The number of pyridine rings is 1. The molecule has 2 aliphatic rings. The van der Waals surface area contributed by atoms with Crippen LogP contribution in [-0.4, -0.2) is 47.1 Å². The number of thiazole rings is 1. The first-order chi connectivity index (χ1) is 14.2. The highest BCUT2D eigenvalue weighted by atomic mass is 32.1. The Bertz CT molecular complexity index is 991. The maximum absolute atomic E-state index is 13.5. The third-order valence-corrected chi connectivity index (χ3v) is 6.45. The maximum Gasteiger partial charge on any atom is 0.187 e. The van der Waals surface area contributed by atoms with E-state index in [0.717, 1.165) is 65.7 Å². The predicted molar refractivity (Wildman–Crippen MR) is 117 cm³/mol. The molecule has 7 heteroatoms. The summed E-state index contributed by atoms with van der Waals surface area (Å²) in [5.41, 5.74) is 3.59. The highest BCUT2D eigenvalue weighted by Gasteiger charge is 2.31. The lowest BCUT2D eigenvalue weighted by molar-refractivity contribution is 0.247. The van der Waals surface area contributed by atoms with Crippen molar-refractivity contribution in [2.75, 3.05) is 36.4 Å². The Labute approximate surface area is 174 Å². The maximum atomic E-state index is 13.5. The molecule has 1 aliphatic carbocycles. The summed E-state index contributed by atoms with van der Waals surface area (Å²) in [4.78, 5) is 14.3. The zero-order valence-corrected chi connectivity index (χ0v) is 17.3. The van der Waals surface area contributed by atoms with Crippen molar-refractivity contribution in [3.8, 4) is 11.3 Å². The fraction of sp³-hybridized carbons (Fsp3) is 0.364. The van der Waals surface area contributed by atoms with E-state index in [2.05, 4.69) is 37.2 Å². The second-order valence-corrected chi connectivity index (χ2v) is 8.64. The van der Waals surface area contributed by atoms with Crippen molar-refractivity contribution in [1.29, 1.82) is 0 Å². The first kappa shape index (κ1) is 18.5. The number of hydrogen-bond acceptors (Lipinski definition) is 6. The molecule has 3 heterocycles. The molecule has 2 aromatic heterocycles. The summed E-state index contributed by atoms with van der Waals surface area (Å²) in [6, 6.07) is 9.74. The molecule has 0 radical (unpaired) electrons. The van der Waals surface area contributed by atoms with E-state index in [9.17, 15) is 4.39 Å². The molecule has 150 valence electrons. The second-order valence-electron chi connectivity index (χ2n) is 7.78. The first-order valence-electron chi connectivity index (χ1n) is 10.1. The summed E-state index contributed by atoms with van der Waals surface area (Å²) in [5, 5.41) is 5.97. The summed E-state index contributed by atoms with van der Waals surface area (Å²) in [7, 11) is 0. The number of rotatable bonds is 5. The molecule has 0 unspecified atom stereocenters. The van der Waals surface area contributed by atoms with Crippen molar-refractivity contribution in [3.63, 3.8) is 0 Å². The highest BCUT2D eigenvalue weighted by Crippen LogP contribution is 2.30. The zero-order chi connectivity index (χ0) is 19.8. The molecular weight excluding hydrogens is 385 g/mol. The van der Waals surface area contributed by atoms with Crippen molar-refractivity contribution in [1.82, 2.24) is 14.9 Å². The molecule has 1 N–H and O–H groups in total. The van der Waals surface area contributed by atoms with Crippen LogP contribution in [0.5, 0.6) is 0 Å². The summed E-state index contributed by atoms with van der Waals surface area (Å²) >= 11 is 1.51. The molecule has 5 rings (SSSR count). The lowest BCUT2D eigenvalue weighted by Gasteiger charge is -2.35. The molecule has 0 spiro atoms. The fourth-order valence-corrected chi connectivity index (χ4v) is 4.52. The third-order valence-electron chi connectivity index (χ3n) is 5.69. The topological polar surface area (TPSA) is 44.3 Å². The molecule has 0 amide bonds. The number of halogens is 1. The van der Waals surface area contributed by atoms with Crippen LogP contribution in [0, 0.1) is 12.7 Å². The van der Waals surface area contributed by atoms with Crippen LogP contribution >= 0.6 is 11.3 Å². The quantitative estimate of drug-likeness (QED) is 0.663. The molecule has 3 aromatic rings. The van der Waals surface area contributed by atoms with Crippen molar-refractivity contribution < 1.29 is 4.39 Å². The van der Waals surface area contributed by atoms with Gasteiger partial charge in [0.25, 0.3) is 0 Å². The van der Waals surface area contributed by atoms with E-state index in [1.165, 1.54) is 36.3 Å². The number of benzene rings is 1. The number of nitrogens with zero attached hydrogens (tertiary/aromatic N) is 4. The Morgan fingerprint density at radius 3 is 2.66 bits per heavy atom. The van der Waals surface area contributed by atoms with Gasteiger partial charge in [-0.15, -0.1) is 11.3 Å². The Morgan fingerprint density at radius 1 is 1.10 bits per heavy atom. The molecule has 1 saturated heterocycles. The van der Waals surface area contributed by atoms with E-state index in [1.807, 2.05) is 18.5 Å². The number of aryl methyl sites for hydroxylation is 1. The summed E-state index contributed by atoms with van der Waals surface area (Å²) in [5.74, 6) is 0.779. The first-order valence-corrected chi connectivity index (χ1v) is 11.0. The average Bonchev–Trinajstić information content (AvgIpc) is 3.50. The minimum Gasteiger partial charge on any atom is -0.354 e. The van der Waals surface area contributed by atoms with E-state index in [1.54, 1.807) is 6.07 Å². The lowest BCUT2D eigenvalue weighted by atomic mass is 10.2. The van der Waals surface area contributed by atoms with Gasteiger partial charge in [0.1, 0.15) is 11.6 Å². The number of anilines is 3. The normalized spacial score (nSPS) is 17.5. The second kappa shape index (κ2) is 7.72. The largest absolute Gasteiger partial charge is 0.354 e. The van der Waals surface area contributed by atoms with Crippen molar-refractivity contribution >= 4 is 28.0 Å². The Morgan fingerprint density at radius 2 is 1.93 bits per heavy atom. The van der Waals surface area contributed by atoms with Crippen LogP contribution in [0.4, 0.5) is 21.0 Å². The molecule has 1 aromatic carbocycles. The highest BCUT2D eigenvalue weighted by molar-refractivity contribution is 7.14. The van der Waals surface area contributed by atoms with E-state index in [0.29, 0.717) is 0 Å². The van der Waals surface area contributed by atoms with Gasteiger partial charge in [-0.2, -0.15) is 0 Å². The summed E-state index contributed by atoms with van der Waals surface area (Å²) in [6.07, 6.45) is 4.64. The van der Waals surface area contributed by atoms with Gasteiger partial charge in [-0.05, 0) is 49.6 Å². The molecule has 0 bridgehead atoms. The molecule has 1 saturated carbocycles. The lowest BCUT2D eigenvalue weighted by Crippen LogP contribution is -2.47. The van der Waals surface area contributed by atoms with E-state index < -0.39 is 0 Å². The number of piperazine rings is 1. The number of nitrogens with one attached hydrogen (secondary N) is 1. The molecule has 5 nitrogen and oxygen atoms in total. The van der Waals surface area contributed by atoms with Crippen LogP contribution in [0.2, 0.25) is 0 Å². The smallest absolute Gasteiger partial charge is 0.187 e. The minimum atomic E-state index is -0.257. The Kier molecular flexibility index (Phi) is 4.93.